The maximum atomic E-state index is 10.3. The molecule has 1 aliphatic carbocycles. The summed E-state index contributed by atoms with van der Waals surface area (Å²) in [5, 5.41) is 16.8. The van der Waals surface area contributed by atoms with Crippen molar-refractivity contribution in [2.24, 2.45) is 12.0 Å². The largest absolute Gasteiger partial charge is 0.388 e. The summed E-state index contributed by atoms with van der Waals surface area (Å²) in [6.07, 6.45) is 8.10. The van der Waals surface area contributed by atoms with Crippen molar-refractivity contribution >= 4 is 5.96 Å². The van der Waals surface area contributed by atoms with Crippen LogP contribution in [-0.4, -0.2) is 34.3 Å². The summed E-state index contributed by atoms with van der Waals surface area (Å²) < 4.78 is 2.02. The van der Waals surface area contributed by atoms with E-state index >= 15 is 0 Å². The number of hydrogen-bond acceptors (Lipinski definition) is 2. The van der Waals surface area contributed by atoms with E-state index in [-0.39, 0.29) is 0 Å². The van der Waals surface area contributed by atoms with E-state index in [4.69, 9.17) is 0 Å². The molecule has 5 heteroatoms. The number of aliphatic imine (C=N–C) groups is 1. The minimum absolute atomic E-state index is 0.553. The topological polar surface area (TPSA) is 61.6 Å². The van der Waals surface area contributed by atoms with Crippen molar-refractivity contribution in [3.8, 4) is 0 Å². The van der Waals surface area contributed by atoms with Crippen molar-refractivity contribution in [2.75, 3.05) is 13.1 Å². The van der Waals surface area contributed by atoms with Gasteiger partial charge in [-0.3, -0.25) is 0 Å². The maximum Gasteiger partial charge on any atom is 0.191 e. The molecule has 0 atom stereocenters. The third-order valence-electron chi connectivity index (χ3n) is 3.78. The zero-order chi connectivity index (χ0) is 14.4. The molecular formula is C15H26N4O. The first kappa shape index (κ1) is 14.9. The van der Waals surface area contributed by atoms with Crippen LogP contribution in [0.1, 0.15) is 38.2 Å². The lowest BCUT2D eigenvalue weighted by atomic mass is 10.0. The van der Waals surface area contributed by atoms with Gasteiger partial charge >= 0.3 is 0 Å². The number of rotatable bonds is 5. The highest BCUT2D eigenvalue weighted by Gasteiger charge is 2.30. The van der Waals surface area contributed by atoms with E-state index < -0.39 is 5.60 Å². The van der Waals surface area contributed by atoms with Crippen molar-refractivity contribution < 1.29 is 5.11 Å². The Morgan fingerprint density at radius 1 is 1.40 bits per heavy atom. The van der Waals surface area contributed by atoms with E-state index in [9.17, 15) is 5.11 Å². The summed E-state index contributed by atoms with van der Waals surface area (Å²) in [5.74, 6) is 0.775. The number of aliphatic hydroxyl groups is 1. The van der Waals surface area contributed by atoms with E-state index in [0.717, 1.165) is 38.2 Å². The highest BCUT2D eigenvalue weighted by molar-refractivity contribution is 5.79. The molecule has 1 heterocycles. The predicted molar refractivity (Wildman–Crippen MR) is 81.6 cm³/mol. The Hall–Kier alpha value is -1.49. The Bertz CT molecular complexity index is 446. The first-order valence-corrected chi connectivity index (χ1v) is 7.47. The third-order valence-corrected chi connectivity index (χ3v) is 3.78. The van der Waals surface area contributed by atoms with E-state index in [1.54, 1.807) is 0 Å². The second-order valence-electron chi connectivity index (χ2n) is 5.67. The second kappa shape index (κ2) is 6.79. The van der Waals surface area contributed by atoms with Gasteiger partial charge in [0, 0.05) is 32.5 Å². The lowest BCUT2D eigenvalue weighted by Crippen LogP contribution is -2.46. The molecule has 5 nitrogen and oxygen atoms in total. The average Bonchev–Trinajstić information content (AvgIpc) is 3.03. The molecule has 1 aliphatic rings. The predicted octanol–water partition coefficient (Wildman–Crippen LogP) is 1.39. The van der Waals surface area contributed by atoms with Crippen LogP contribution in [-0.2, 0) is 13.6 Å². The quantitative estimate of drug-likeness (QED) is 0.563. The Labute approximate surface area is 121 Å². The molecule has 0 spiro atoms. The first-order valence-electron chi connectivity index (χ1n) is 7.47. The van der Waals surface area contributed by atoms with Crippen LogP contribution >= 0.6 is 0 Å². The normalized spacial score (nSPS) is 18.2. The lowest BCUT2D eigenvalue weighted by molar-refractivity contribution is 0.0522. The molecular weight excluding hydrogens is 252 g/mol. The molecule has 112 valence electrons. The molecule has 3 N–H and O–H groups in total. The summed E-state index contributed by atoms with van der Waals surface area (Å²) in [5.41, 5.74) is 0.632. The van der Waals surface area contributed by atoms with Crippen LogP contribution in [0, 0.1) is 0 Å². The third kappa shape index (κ3) is 4.27. The van der Waals surface area contributed by atoms with Crippen molar-refractivity contribution in [1.29, 1.82) is 0 Å². The molecule has 20 heavy (non-hydrogen) atoms. The molecule has 0 aromatic carbocycles. The number of aryl methyl sites for hydroxylation is 1. The average molecular weight is 278 g/mol. The van der Waals surface area contributed by atoms with E-state index in [1.165, 1.54) is 5.56 Å². The Balaban J connectivity index is 1.88. The molecule has 0 unspecified atom stereocenters. The fraction of sp³-hybridized carbons (Fsp3) is 0.667. The van der Waals surface area contributed by atoms with E-state index in [1.807, 2.05) is 24.7 Å². The monoisotopic (exact) mass is 278 g/mol. The van der Waals surface area contributed by atoms with Gasteiger partial charge < -0.3 is 20.3 Å². The van der Waals surface area contributed by atoms with Gasteiger partial charge in [0.05, 0.1) is 12.1 Å². The fourth-order valence-electron chi connectivity index (χ4n) is 2.62. The second-order valence-corrected chi connectivity index (χ2v) is 5.67. The molecule has 0 bridgehead atoms. The molecule has 2 rings (SSSR count). The molecule has 0 aliphatic heterocycles. The van der Waals surface area contributed by atoms with Crippen molar-refractivity contribution in [3.05, 3.63) is 24.0 Å². The molecule has 1 fully saturated rings. The van der Waals surface area contributed by atoms with Gasteiger partial charge in [-0.15, -0.1) is 0 Å². The number of aromatic nitrogens is 1. The molecule has 0 saturated heterocycles. The minimum atomic E-state index is -0.553. The Morgan fingerprint density at radius 3 is 2.75 bits per heavy atom. The summed E-state index contributed by atoms with van der Waals surface area (Å²) in [4.78, 5) is 4.56. The van der Waals surface area contributed by atoms with Gasteiger partial charge in [0.2, 0.25) is 0 Å². The molecule has 0 amide bonds. The van der Waals surface area contributed by atoms with Crippen LogP contribution in [0.4, 0.5) is 0 Å². The number of nitrogens with zero attached hydrogens (tertiary/aromatic N) is 2. The molecule has 1 saturated carbocycles. The van der Waals surface area contributed by atoms with Gasteiger partial charge in [-0.25, -0.2) is 4.99 Å². The first-order chi connectivity index (χ1) is 9.61. The van der Waals surface area contributed by atoms with Crippen LogP contribution in [0.15, 0.2) is 23.5 Å². The Kier molecular flexibility index (Phi) is 5.06. The standard InChI is InChI=1S/C15H26N4O/c1-3-16-14(17-10-13-6-9-19(2)11-13)18-12-15(20)7-4-5-8-15/h6,9,11,20H,3-5,7-8,10,12H2,1-2H3,(H2,16,17,18). The molecule has 1 aromatic heterocycles. The molecule has 0 radical (unpaired) electrons. The van der Waals surface area contributed by atoms with E-state index in [2.05, 4.69) is 27.9 Å². The van der Waals surface area contributed by atoms with Gasteiger partial charge in [0.1, 0.15) is 0 Å². The smallest absolute Gasteiger partial charge is 0.191 e. The zero-order valence-corrected chi connectivity index (χ0v) is 12.5. The maximum absolute atomic E-state index is 10.3. The Morgan fingerprint density at radius 2 is 2.15 bits per heavy atom. The van der Waals surface area contributed by atoms with E-state index in [0.29, 0.717) is 13.1 Å². The SMILES string of the molecule is CCNC(=NCc1ccn(C)c1)NCC1(O)CCCC1. The van der Waals surface area contributed by atoms with Crippen LogP contribution in [0.5, 0.6) is 0 Å². The van der Waals surface area contributed by atoms with Crippen molar-refractivity contribution in [3.63, 3.8) is 0 Å². The number of guanidine groups is 1. The minimum Gasteiger partial charge on any atom is -0.388 e. The lowest BCUT2D eigenvalue weighted by Gasteiger charge is -2.23. The van der Waals surface area contributed by atoms with Gasteiger partial charge in [0.25, 0.3) is 0 Å². The number of hydrogen-bond donors (Lipinski definition) is 3. The summed E-state index contributed by atoms with van der Waals surface area (Å²) >= 11 is 0. The van der Waals surface area contributed by atoms with Gasteiger partial charge in [0.15, 0.2) is 5.96 Å². The highest BCUT2D eigenvalue weighted by Crippen LogP contribution is 2.28. The zero-order valence-electron chi connectivity index (χ0n) is 12.5. The van der Waals surface area contributed by atoms with Crippen LogP contribution in [0.2, 0.25) is 0 Å². The highest BCUT2D eigenvalue weighted by atomic mass is 16.3. The van der Waals surface area contributed by atoms with Crippen LogP contribution < -0.4 is 10.6 Å². The summed E-state index contributed by atoms with van der Waals surface area (Å²) in [7, 11) is 2.01. The summed E-state index contributed by atoms with van der Waals surface area (Å²) in [6, 6.07) is 2.07. The number of nitrogens with one attached hydrogen (secondary N) is 2. The van der Waals surface area contributed by atoms with Crippen molar-refractivity contribution in [1.82, 2.24) is 15.2 Å². The summed E-state index contributed by atoms with van der Waals surface area (Å²) in [6.45, 7) is 4.09. The molecule has 1 aromatic rings. The van der Waals surface area contributed by atoms with Crippen LogP contribution in [0.25, 0.3) is 0 Å². The van der Waals surface area contributed by atoms with Crippen molar-refractivity contribution in [2.45, 2.75) is 44.8 Å². The van der Waals surface area contributed by atoms with Crippen LogP contribution in [0.3, 0.4) is 0 Å². The van der Waals surface area contributed by atoms with Gasteiger partial charge in [-0.05, 0) is 31.4 Å². The fourth-order valence-corrected chi connectivity index (χ4v) is 2.62. The van der Waals surface area contributed by atoms with Gasteiger partial charge in [-0.2, -0.15) is 0 Å². The van der Waals surface area contributed by atoms with Gasteiger partial charge in [-0.1, -0.05) is 12.8 Å².